The molecule has 2 rings (SSSR count). The molecule has 2 heterocycles. The Labute approximate surface area is 127 Å². The minimum Gasteiger partial charge on any atom is -0.328 e. The molecule has 0 bridgehead atoms. The van der Waals surface area contributed by atoms with Crippen LogP contribution in [0, 0.1) is 5.92 Å². The van der Waals surface area contributed by atoms with Crippen LogP contribution in [-0.4, -0.2) is 47.8 Å². The fraction of sp³-hybridized carbons (Fsp3) is 0.750. The molecule has 0 spiro atoms. The SMILES string of the molecule is CC(N)C1CCCN(S(=O)(=O)c2cnn(CC(F)(F)F)c2)C1. The Kier molecular flexibility index (Phi) is 4.83. The van der Waals surface area contributed by atoms with Crippen molar-refractivity contribution in [1.82, 2.24) is 14.1 Å². The highest BCUT2D eigenvalue weighted by Gasteiger charge is 2.33. The number of nitrogens with zero attached hydrogens (tertiary/aromatic N) is 3. The first-order valence-electron chi connectivity index (χ1n) is 6.94. The van der Waals surface area contributed by atoms with E-state index in [1.165, 1.54) is 4.31 Å². The highest BCUT2D eigenvalue weighted by atomic mass is 32.2. The number of piperidine rings is 1. The van der Waals surface area contributed by atoms with Crippen molar-refractivity contribution in [2.24, 2.45) is 11.7 Å². The van der Waals surface area contributed by atoms with Crippen LogP contribution in [0.1, 0.15) is 19.8 Å². The number of alkyl halides is 3. The number of nitrogens with two attached hydrogens (primary N) is 1. The van der Waals surface area contributed by atoms with Crippen molar-refractivity contribution < 1.29 is 21.6 Å². The van der Waals surface area contributed by atoms with E-state index in [4.69, 9.17) is 5.73 Å². The summed E-state index contributed by atoms with van der Waals surface area (Å²) in [6.07, 6.45) is -1.05. The van der Waals surface area contributed by atoms with Crippen LogP contribution in [0.4, 0.5) is 13.2 Å². The zero-order valence-electron chi connectivity index (χ0n) is 12.1. The summed E-state index contributed by atoms with van der Waals surface area (Å²) >= 11 is 0. The summed E-state index contributed by atoms with van der Waals surface area (Å²) in [5, 5.41) is 3.48. The molecule has 0 saturated carbocycles. The first kappa shape index (κ1) is 17.2. The number of hydrogen-bond acceptors (Lipinski definition) is 4. The number of sulfonamides is 1. The molecule has 1 aromatic rings. The van der Waals surface area contributed by atoms with Gasteiger partial charge < -0.3 is 5.73 Å². The van der Waals surface area contributed by atoms with Crippen molar-refractivity contribution in [3.8, 4) is 0 Å². The maximum absolute atomic E-state index is 12.5. The topological polar surface area (TPSA) is 81.2 Å². The van der Waals surface area contributed by atoms with Gasteiger partial charge in [-0.2, -0.15) is 22.6 Å². The van der Waals surface area contributed by atoms with Crippen molar-refractivity contribution >= 4 is 10.0 Å². The molecule has 10 heteroatoms. The zero-order chi connectivity index (χ0) is 16.5. The average Bonchev–Trinajstić information content (AvgIpc) is 2.85. The van der Waals surface area contributed by atoms with Gasteiger partial charge in [0.05, 0.1) is 6.20 Å². The average molecular weight is 340 g/mol. The lowest BCUT2D eigenvalue weighted by atomic mass is 9.93. The van der Waals surface area contributed by atoms with Crippen LogP contribution in [-0.2, 0) is 16.6 Å². The van der Waals surface area contributed by atoms with Gasteiger partial charge in [0, 0.05) is 25.3 Å². The first-order valence-corrected chi connectivity index (χ1v) is 8.38. The third-order valence-electron chi connectivity index (χ3n) is 3.75. The van der Waals surface area contributed by atoms with Crippen molar-refractivity contribution in [2.75, 3.05) is 13.1 Å². The maximum Gasteiger partial charge on any atom is 0.408 e. The van der Waals surface area contributed by atoms with Crippen LogP contribution in [0.5, 0.6) is 0 Å². The zero-order valence-corrected chi connectivity index (χ0v) is 12.9. The molecule has 1 aliphatic heterocycles. The predicted octanol–water partition coefficient (Wildman–Crippen LogP) is 1.19. The third kappa shape index (κ3) is 3.99. The van der Waals surface area contributed by atoms with Crippen molar-refractivity contribution in [3.63, 3.8) is 0 Å². The van der Waals surface area contributed by atoms with Crippen LogP contribution in [0.25, 0.3) is 0 Å². The minimum absolute atomic E-state index is 0.0498. The Morgan fingerprint density at radius 2 is 2.18 bits per heavy atom. The van der Waals surface area contributed by atoms with Gasteiger partial charge in [-0.3, -0.25) is 4.68 Å². The summed E-state index contributed by atoms with van der Waals surface area (Å²) in [5.74, 6) is 0.0498. The van der Waals surface area contributed by atoms with E-state index >= 15 is 0 Å². The normalized spacial score (nSPS) is 22.7. The molecule has 2 atom stereocenters. The lowest BCUT2D eigenvalue weighted by molar-refractivity contribution is -0.142. The number of aromatic nitrogens is 2. The van der Waals surface area contributed by atoms with E-state index in [0.717, 1.165) is 18.8 Å². The molecule has 22 heavy (non-hydrogen) atoms. The van der Waals surface area contributed by atoms with Gasteiger partial charge in [-0.25, -0.2) is 8.42 Å². The molecule has 1 fully saturated rings. The number of halogens is 3. The summed E-state index contributed by atoms with van der Waals surface area (Å²) in [6, 6.07) is -0.133. The van der Waals surface area contributed by atoms with Gasteiger partial charge >= 0.3 is 6.18 Å². The predicted molar refractivity (Wildman–Crippen MR) is 73.4 cm³/mol. The van der Waals surface area contributed by atoms with E-state index in [0.29, 0.717) is 17.6 Å². The molecule has 1 aliphatic rings. The van der Waals surface area contributed by atoms with Crippen LogP contribution in [0.3, 0.4) is 0 Å². The Morgan fingerprint density at radius 1 is 1.50 bits per heavy atom. The lowest BCUT2D eigenvalue weighted by Gasteiger charge is -2.33. The molecule has 2 unspecified atom stereocenters. The van der Waals surface area contributed by atoms with Crippen LogP contribution < -0.4 is 5.73 Å². The highest BCUT2D eigenvalue weighted by Crippen LogP contribution is 2.25. The Morgan fingerprint density at radius 3 is 2.77 bits per heavy atom. The second-order valence-electron chi connectivity index (χ2n) is 5.61. The fourth-order valence-corrected chi connectivity index (χ4v) is 4.01. The standard InChI is InChI=1S/C12H19F3N4O2S/c1-9(16)10-3-2-4-19(6-10)22(20,21)11-5-17-18(7-11)8-12(13,14)15/h5,7,9-10H,2-4,6,8,16H2,1H3. The second kappa shape index (κ2) is 6.17. The van der Waals surface area contributed by atoms with Crippen LogP contribution in [0.15, 0.2) is 17.3 Å². The van der Waals surface area contributed by atoms with E-state index in [-0.39, 0.29) is 23.4 Å². The van der Waals surface area contributed by atoms with E-state index in [2.05, 4.69) is 5.10 Å². The van der Waals surface area contributed by atoms with Gasteiger partial charge in [0.2, 0.25) is 10.0 Å². The smallest absolute Gasteiger partial charge is 0.328 e. The molecule has 6 nitrogen and oxygen atoms in total. The molecule has 2 N–H and O–H groups in total. The van der Waals surface area contributed by atoms with Crippen molar-refractivity contribution in [3.05, 3.63) is 12.4 Å². The first-order chi connectivity index (χ1) is 10.1. The Hall–Kier alpha value is -1.13. The summed E-state index contributed by atoms with van der Waals surface area (Å²) in [4.78, 5) is -0.220. The molecule has 0 aliphatic carbocycles. The highest BCUT2D eigenvalue weighted by molar-refractivity contribution is 7.89. The molecular weight excluding hydrogens is 321 g/mol. The molecule has 1 aromatic heterocycles. The Bertz CT molecular complexity index is 612. The maximum atomic E-state index is 12.5. The van der Waals surface area contributed by atoms with E-state index < -0.39 is 22.7 Å². The third-order valence-corrected chi connectivity index (χ3v) is 5.57. The largest absolute Gasteiger partial charge is 0.408 e. The van der Waals surface area contributed by atoms with Gasteiger partial charge in [-0.1, -0.05) is 0 Å². The van der Waals surface area contributed by atoms with Gasteiger partial charge in [0.1, 0.15) is 11.4 Å². The molecular formula is C12H19F3N4O2S. The van der Waals surface area contributed by atoms with E-state index in [1.54, 1.807) is 0 Å². The van der Waals surface area contributed by atoms with Crippen molar-refractivity contribution in [2.45, 2.75) is 43.4 Å². The number of rotatable bonds is 4. The molecule has 0 amide bonds. The van der Waals surface area contributed by atoms with Crippen molar-refractivity contribution in [1.29, 1.82) is 0 Å². The molecule has 0 aromatic carbocycles. The fourth-order valence-electron chi connectivity index (χ4n) is 2.52. The molecule has 126 valence electrons. The summed E-state index contributed by atoms with van der Waals surface area (Å²) in [5.41, 5.74) is 5.82. The minimum atomic E-state index is -4.45. The summed E-state index contributed by atoms with van der Waals surface area (Å²) in [6.45, 7) is 1.13. The van der Waals surface area contributed by atoms with Gasteiger partial charge in [-0.15, -0.1) is 0 Å². The quantitative estimate of drug-likeness (QED) is 0.893. The molecule has 1 saturated heterocycles. The summed E-state index contributed by atoms with van der Waals surface area (Å²) in [7, 11) is -3.84. The van der Waals surface area contributed by atoms with E-state index in [9.17, 15) is 21.6 Å². The molecule has 0 radical (unpaired) electrons. The number of hydrogen-bond donors (Lipinski definition) is 1. The van der Waals surface area contributed by atoms with E-state index in [1.807, 2.05) is 6.92 Å². The van der Waals surface area contributed by atoms with Gasteiger partial charge in [-0.05, 0) is 25.7 Å². The van der Waals surface area contributed by atoms with Crippen LogP contribution >= 0.6 is 0 Å². The Balaban J connectivity index is 2.16. The lowest BCUT2D eigenvalue weighted by Crippen LogP contribution is -2.44. The monoisotopic (exact) mass is 340 g/mol. The summed E-state index contributed by atoms with van der Waals surface area (Å²) < 4.78 is 63.8. The second-order valence-corrected chi connectivity index (χ2v) is 7.55. The van der Waals surface area contributed by atoms with Crippen LogP contribution in [0.2, 0.25) is 0 Å². The van der Waals surface area contributed by atoms with Gasteiger partial charge in [0.15, 0.2) is 0 Å². The van der Waals surface area contributed by atoms with Gasteiger partial charge in [0.25, 0.3) is 0 Å².